The predicted molar refractivity (Wildman–Crippen MR) is 164 cm³/mol. The molecule has 2 unspecified atom stereocenters. The Balaban J connectivity index is 1.30. The molecule has 2 aliphatic heterocycles. The van der Waals surface area contributed by atoms with E-state index < -0.39 is 62.7 Å². The number of ether oxygens (including phenoxy) is 2. The normalized spacial score (nSPS) is 29.9. The van der Waals surface area contributed by atoms with Crippen molar-refractivity contribution in [3.05, 3.63) is 54.4 Å². The first-order chi connectivity index (χ1) is 20.6. The minimum Gasteiger partial charge on any atom is -0.382 e. The number of nitrogen functional groups attached to an aromatic ring is 1. The summed E-state index contributed by atoms with van der Waals surface area (Å²) in [7, 11) is 0. The number of nitrogens with zero attached hydrogens (tertiary/aromatic N) is 5. The number of imidazole rings is 1. The van der Waals surface area contributed by atoms with Crippen LogP contribution in [0.2, 0.25) is 0 Å². The number of rotatable bonds is 11. The molecule has 3 aromatic heterocycles. The minimum atomic E-state index is -4.19. The maximum absolute atomic E-state index is 13.5. The lowest BCUT2D eigenvalue weighted by Crippen LogP contribution is -2.31. The lowest BCUT2D eigenvalue weighted by Gasteiger charge is -2.25. The molecular weight excluding hydrogens is 656 g/mol. The Morgan fingerprint density at radius 3 is 2.61 bits per heavy atom. The van der Waals surface area contributed by atoms with Gasteiger partial charge in [0.15, 0.2) is 11.5 Å². The SMILES string of the molecule is C=C1[C@@H](C)[C@H](c2ccnc(C(N)=O)c2)O[C@@H]1COP(=O)(S)O[C@H]1[C@@H](C)[C@H](n2cnc3c(N)ncnc32)O[C@@H]1COP(=O)(O)S. The van der Waals surface area contributed by atoms with E-state index in [0.717, 1.165) is 0 Å². The lowest BCUT2D eigenvalue weighted by molar-refractivity contribution is -0.0390. The summed E-state index contributed by atoms with van der Waals surface area (Å²) < 4.78 is 55.7. The van der Waals surface area contributed by atoms with Crippen molar-refractivity contribution in [1.29, 1.82) is 0 Å². The summed E-state index contributed by atoms with van der Waals surface area (Å²) in [5, 5.41) is 0. The molecule has 5 heterocycles. The topological polar surface area (TPSA) is 226 Å². The number of anilines is 1. The van der Waals surface area contributed by atoms with Gasteiger partial charge in [0.25, 0.3) is 5.91 Å². The molecular formula is C24H31N7O9P2S2. The van der Waals surface area contributed by atoms with Gasteiger partial charge in [0, 0.05) is 18.0 Å². The molecule has 0 bridgehead atoms. The third kappa shape index (κ3) is 7.04. The van der Waals surface area contributed by atoms with E-state index >= 15 is 0 Å². The van der Waals surface area contributed by atoms with Crippen LogP contribution in [0.4, 0.5) is 5.82 Å². The van der Waals surface area contributed by atoms with Crippen LogP contribution in [0.3, 0.4) is 0 Å². The van der Waals surface area contributed by atoms with Gasteiger partial charge in [-0.25, -0.2) is 24.1 Å². The Morgan fingerprint density at radius 2 is 1.91 bits per heavy atom. The van der Waals surface area contributed by atoms with Gasteiger partial charge >= 0.3 is 13.6 Å². The first-order valence-electron chi connectivity index (χ1n) is 13.2. The first-order valence-corrected chi connectivity index (χ1v) is 18.6. The van der Waals surface area contributed by atoms with Crippen molar-refractivity contribution >= 4 is 61.0 Å². The van der Waals surface area contributed by atoms with Crippen LogP contribution < -0.4 is 11.5 Å². The smallest absolute Gasteiger partial charge is 0.382 e. The monoisotopic (exact) mass is 687 g/mol. The summed E-state index contributed by atoms with van der Waals surface area (Å²) in [5.41, 5.74) is 13.4. The number of pyridine rings is 1. The molecule has 0 saturated carbocycles. The number of hydrogen-bond donors (Lipinski definition) is 5. The van der Waals surface area contributed by atoms with Crippen LogP contribution in [0, 0.1) is 11.8 Å². The molecule has 0 radical (unpaired) electrons. The van der Waals surface area contributed by atoms with Crippen LogP contribution in [0.15, 0.2) is 43.1 Å². The van der Waals surface area contributed by atoms with Gasteiger partial charge < -0.3 is 25.8 Å². The molecule has 5 N–H and O–H groups in total. The molecule has 238 valence electrons. The first kappa shape index (κ1) is 33.0. The molecule has 0 aromatic carbocycles. The Hall–Kier alpha value is -2.37. The molecule has 0 spiro atoms. The quantitative estimate of drug-likeness (QED) is 0.111. The Kier molecular flexibility index (Phi) is 9.60. The van der Waals surface area contributed by atoms with Crippen molar-refractivity contribution in [2.75, 3.05) is 18.9 Å². The van der Waals surface area contributed by atoms with Crippen LogP contribution in [-0.2, 0) is 32.2 Å². The fourth-order valence-corrected chi connectivity index (χ4v) is 7.30. The van der Waals surface area contributed by atoms with Crippen molar-refractivity contribution in [3.63, 3.8) is 0 Å². The zero-order valence-electron chi connectivity index (χ0n) is 23.4. The van der Waals surface area contributed by atoms with Crippen molar-refractivity contribution in [2.24, 2.45) is 17.6 Å². The molecule has 44 heavy (non-hydrogen) atoms. The van der Waals surface area contributed by atoms with Gasteiger partial charge in [-0.3, -0.25) is 27.9 Å². The summed E-state index contributed by atoms with van der Waals surface area (Å²) in [4.78, 5) is 37.6. The van der Waals surface area contributed by atoms with Crippen LogP contribution in [0.5, 0.6) is 0 Å². The summed E-state index contributed by atoms with van der Waals surface area (Å²) in [6.07, 6.45) is 0.243. The van der Waals surface area contributed by atoms with Gasteiger partial charge in [0.2, 0.25) is 0 Å². The molecule has 3 aromatic rings. The maximum Gasteiger partial charge on any atom is 0.386 e. The fourth-order valence-electron chi connectivity index (χ4n) is 5.21. The Labute approximate surface area is 262 Å². The molecule has 2 fully saturated rings. The Morgan fingerprint density at radius 1 is 1.16 bits per heavy atom. The van der Waals surface area contributed by atoms with E-state index in [2.05, 4.69) is 51.0 Å². The number of primary amides is 1. The molecule has 2 saturated heterocycles. The van der Waals surface area contributed by atoms with Crippen LogP contribution in [-0.4, -0.2) is 66.8 Å². The molecule has 0 aliphatic carbocycles. The summed E-state index contributed by atoms with van der Waals surface area (Å²) in [5.74, 6) is -1.24. The summed E-state index contributed by atoms with van der Waals surface area (Å²) in [6.45, 7) is -1.19. The standard InChI is InChI=1S/C24H31N7O9P2S2/c1-11-12(2)19(14-4-5-27-15(6-14)22(26)32)38-16(11)7-37-42(35,44)40-20-13(3)24(39-17(20)8-36-41(33,34)43)31-10-30-18-21(25)28-9-29-23(18)31/h4-6,9-10,12-13,16-17,19-20,24H,1,7-8H2,2-3H3,(H2,26,32)(H,35,44)(H2,25,28,29)(H2,33,34,43)/t12-,13-,16-,17-,19-,20+,24-,42?/m1/s1. The zero-order valence-corrected chi connectivity index (χ0v) is 27.0. The number of aromatic nitrogens is 5. The van der Waals surface area contributed by atoms with Gasteiger partial charge in [-0.05, 0) is 23.3 Å². The van der Waals surface area contributed by atoms with Crippen LogP contribution in [0.1, 0.15) is 42.2 Å². The zero-order chi connectivity index (χ0) is 32.0. The van der Waals surface area contributed by atoms with E-state index in [1.807, 2.05) is 6.92 Å². The predicted octanol–water partition coefficient (Wildman–Crippen LogP) is 3.25. The average molecular weight is 688 g/mol. The third-order valence-corrected chi connectivity index (χ3v) is 9.94. The largest absolute Gasteiger partial charge is 0.386 e. The number of amides is 1. The molecule has 20 heteroatoms. The second-order valence-corrected chi connectivity index (χ2v) is 16.0. The van der Waals surface area contributed by atoms with Gasteiger partial charge in [-0.15, -0.1) is 0 Å². The van der Waals surface area contributed by atoms with E-state index in [-0.39, 0.29) is 24.0 Å². The van der Waals surface area contributed by atoms with Crippen molar-refractivity contribution in [1.82, 2.24) is 24.5 Å². The molecule has 2 aliphatic rings. The number of carbonyl (C=O) groups excluding carboxylic acids is 1. The minimum absolute atomic E-state index is 0.0942. The highest BCUT2D eigenvalue weighted by atomic mass is 32.7. The number of carbonyl (C=O) groups is 1. The van der Waals surface area contributed by atoms with Crippen molar-refractivity contribution in [3.8, 4) is 0 Å². The van der Waals surface area contributed by atoms with Crippen LogP contribution in [0.25, 0.3) is 11.2 Å². The highest BCUT2D eigenvalue weighted by molar-refractivity contribution is 8.44. The van der Waals surface area contributed by atoms with Gasteiger partial charge in [-0.2, -0.15) is 0 Å². The van der Waals surface area contributed by atoms with E-state index in [9.17, 15) is 18.8 Å². The molecule has 1 amide bonds. The molecule has 5 rings (SSSR count). The van der Waals surface area contributed by atoms with E-state index in [1.54, 1.807) is 23.6 Å². The van der Waals surface area contributed by atoms with E-state index in [4.69, 9.17) is 34.5 Å². The second-order valence-electron chi connectivity index (χ2n) is 10.4. The van der Waals surface area contributed by atoms with E-state index in [0.29, 0.717) is 22.3 Å². The second kappa shape index (κ2) is 12.8. The molecule has 9 atom stereocenters. The van der Waals surface area contributed by atoms with Gasteiger partial charge in [0.05, 0.1) is 25.6 Å². The fraction of sp³-hybridized carbons (Fsp3) is 0.458. The number of fused-ring (bicyclic) bond motifs is 1. The number of thiol groups is 2. The lowest BCUT2D eigenvalue weighted by atomic mass is 9.92. The summed E-state index contributed by atoms with van der Waals surface area (Å²) >= 11 is 7.75. The van der Waals surface area contributed by atoms with Crippen molar-refractivity contribution in [2.45, 2.75) is 44.5 Å². The highest BCUT2D eigenvalue weighted by Crippen LogP contribution is 2.58. The average Bonchev–Trinajstić information content (AvgIpc) is 3.61. The molecule has 16 nitrogen and oxygen atoms in total. The highest BCUT2D eigenvalue weighted by Gasteiger charge is 2.48. The summed E-state index contributed by atoms with van der Waals surface area (Å²) in [6, 6.07) is 3.25. The number of hydrogen-bond acceptors (Lipinski definition) is 13. The van der Waals surface area contributed by atoms with Crippen molar-refractivity contribution < 1.29 is 41.9 Å². The third-order valence-electron chi connectivity index (χ3n) is 7.49. The van der Waals surface area contributed by atoms with Gasteiger partial charge in [0.1, 0.15) is 42.1 Å². The number of nitrogens with two attached hydrogens (primary N) is 2. The maximum atomic E-state index is 13.5. The van der Waals surface area contributed by atoms with Gasteiger partial charge in [-0.1, -0.05) is 44.9 Å². The van der Waals surface area contributed by atoms with Crippen LogP contribution >= 0.6 is 38.1 Å². The Bertz CT molecular complexity index is 1670. The van der Waals surface area contributed by atoms with E-state index in [1.165, 1.54) is 18.9 Å².